The molecule has 6 rings (SSSR count). The Morgan fingerprint density at radius 2 is 1.71 bits per heavy atom. The highest BCUT2D eigenvalue weighted by Crippen LogP contribution is 2.70. The van der Waals surface area contributed by atoms with Gasteiger partial charge in [0.1, 0.15) is 5.60 Å². The number of alkyl carbamates (subject to hydrolysis) is 1. The van der Waals surface area contributed by atoms with Crippen LogP contribution >= 0.6 is 0 Å². The highest BCUT2D eigenvalue weighted by Gasteiger charge is 2.65. The molecule has 0 spiro atoms. The quantitative estimate of drug-likeness (QED) is 0.571. The molecule has 1 heterocycles. The number of carbonyl (C=O) groups is 2. The molecule has 0 aromatic heterocycles. The predicted octanol–water partition coefficient (Wildman–Crippen LogP) is 6.07. The van der Waals surface area contributed by atoms with E-state index in [4.69, 9.17) is 4.74 Å². The van der Waals surface area contributed by atoms with E-state index >= 15 is 0 Å². The fraction of sp³-hybridized carbons (Fsp3) is 0.733. The molecular formula is C30H44N2O3. The number of nitrogens with zero attached hydrogens (tertiary/aromatic N) is 1. The van der Waals surface area contributed by atoms with Crippen molar-refractivity contribution in [2.45, 2.75) is 104 Å². The van der Waals surface area contributed by atoms with Crippen LogP contribution in [0.3, 0.4) is 0 Å². The number of ether oxygens (including phenoxy) is 1. The van der Waals surface area contributed by atoms with Gasteiger partial charge in [0, 0.05) is 24.5 Å². The summed E-state index contributed by atoms with van der Waals surface area (Å²) in [6.07, 6.45) is 7.17. The standard InChI is InChI=1S/C30H44N2O3/c1-26(2,3)35-25(34)31-23-12-13-32(20-27(23,4)5)24(33)30-16-21-14-28(6,18-30)17-29(15-21,19-30)22-10-8-7-9-11-22/h7-11,21,23H,12-20H2,1-6H3,(H,31,34)/t21?,23-,28+,29+,30?/m0/s1. The monoisotopic (exact) mass is 480 g/mol. The topological polar surface area (TPSA) is 58.6 Å². The van der Waals surface area contributed by atoms with Crippen molar-refractivity contribution < 1.29 is 14.3 Å². The first kappa shape index (κ1) is 24.6. The number of benzene rings is 1. The molecule has 4 aliphatic carbocycles. The molecule has 5 nitrogen and oxygen atoms in total. The molecule has 5 atom stereocenters. The summed E-state index contributed by atoms with van der Waals surface area (Å²) in [5.41, 5.74) is 0.843. The summed E-state index contributed by atoms with van der Waals surface area (Å²) in [5.74, 6) is 1.01. The lowest BCUT2D eigenvalue weighted by molar-refractivity contribution is -0.173. The van der Waals surface area contributed by atoms with Gasteiger partial charge in [-0.2, -0.15) is 0 Å². The summed E-state index contributed by atoms with van der Waals surface area (Å²) < 4.78 is 5.51. The second-order valence-electron chi connectivity index (χ2n) is 14.4. The first-order chi connectivity index (χ1) is 16.2. The SMILES string of the molecule is CC(C)(C)OC(=O)N[C@H]1CCN(C(=O)C23CC4C[C@@](C)(C2)C[C@](c2ccccc2)(C4)C3)CC1(C)C. The Labute approximate surface area is 211 Å². The molecule has 1 aromatic carbocycles. The van der Waals surface area contributed by atoms with Gasteiger partial charge in [-0.25, -0.2) is 4.79 Å². The molecule has 5 fully saturated rings. The summed E-state index contributed by atoms with van der Waals surface area (Å²) >= 11 is 0. The van der Waals surface area contributed by atoms with Crippen molar-refractivity contribution in [2.75, 3.05) is 13.1 Å². The molecular weight excluding hydrogens is 436 g/mol. The van der Waals surface area contributed by atoms with Gasteiger partial charge >= 0.3 is 6.09 Å². The summed E-state index contributed by atoms with van der Waals surface area (Å²) in [6.45, 7) is 13.8. The number of nitrogens with one attached hydrogen (secondary N) is 1. The van der Waals surface area contributed by atoms with Crippen molar-refractivity contribution in [3.8, 4) is 0 Å². The molecule has 1 N–H and O–H groups in total. The number of carbonyl (C=O) groups excluding carboxylic acids is 2. The summed E-state index contributed by atoms with van der Waals surface area (Å²) in [4.78, 5) is 29.0. The molecule has 4 bridgehead atoms. The maximum Gasteiger partial charge on any atom is 0.407 e. The van der Waals surface area contributed by atoms with Gasteiger partial charge in [-0.3, -0.25) is 4.79 Å². The van der Waals surface area contributed by atoms with Crippen LogP contribution in [-0.2, 0) is 14.9 Å². The van der Waals surface area contributed by atoms with E-state index in [-0.39, 0.29) is 33.8 Å². The van der Waals surface area contributed by atoms with Crippen LogP contribution in [0, 0.1) is 22.2 Å². The van der Waals surface area contributed by atoms with E-state index in [9.17, 15) is 9.59 Å². The van der Waals surface area contributed by atoms with Crippen LogP contribution < -0.4 is 5.32 Å². The van der Waals surface area contributed by atoms with Gasteiger partial charge in [0.2, 0.25) is 5.91 Å². The van der Waals surface area contributed by atoms with Crippen molar-refractivity contribution in [3.05, 3.63) is 35.9 Å². The molecule has 5 heteroatoms. The van der Waals surface area contributed by atoms with Gasteiger partial charge in [-0.05, 0) is 88.0 Å². The lowest BCUT2D eigenvalue weighted by atomic mass is 9.38. The van der Waals surface area contributed by atoms with E-state index in [0.717, 1.165) is 25.7 Å². The maximum atomic E-state index is 14.4. The van der Waals surface area contributed by atoms with E-state index in [1.54, 1.807) is 0 Å². The Bertz CT molecular complexity index is 999. The van der Waals surface area contributed by atoms with Crippen LogP contribution in [0.25, 0.3) is 0 Å². The zero-order valence-corrected chi connectivity index (χ0v) is 22.6. The van der Waals surface area contributed by atoms with Gasteiger partial charge in [0.25, 0.3) is 0 Å². The fourth-order valence-corrected chi connectivity index (χ4v) is 8.86. The molecule has 35 heavy (non-hydrogen) atoms. The van der Waals surface area contributed by atoms with Crippen molar-refractivity contribution in [1.82, 2.24) is 10.2 Å². The number of hydrogen-bond acceptors (Lipinski definition) is 3. The van der Waals surface area contributed by atoms with Gasteiger partial charge < -0.3 is 15.0 Å². The number of hydrogen-bond donors (Lipinski definition) is 1. The molecule has 2 unspecified atom stereocenters. The first-order valence-electron chi connectivity index (χ1n) is 13.6. The Morgan fingerprint density at radius 1 is 1.00 bits per heavy atom. The average molecular weight is 481 g/mol. The van der Waals surface area contributed by atoms with Gasteiger partial charge in [-0.15, -0.1) is 0 Å². The highest BCUT2D eigenvalue weighted by atomic mass is 16.6. The lowest BCUT2D eigenvalue weighted by Crippen LogP contribution is -2.65. The first-order valence-corrected chi connectivity index (χ1v) is 13.6. The van der Waals surface area contributed by atoms with E-state index < -0.39 is 5.60 Å². The molecule has 2 amide bonds. The minimum absolute atomic E-state index is 0.00839. The third kappa shape index (κ3) is 4.49. The van der Waals surface area contributed by atoms with Gasteiger partial charge in [-0.1, -0.05) is 51.1 Å². The van der Waals surface area contributed by atoms with E-state index in [2.05, 4.69) is 61.3 Å². The molecule has 1 aromatic rings. The summed E-state index contributed by atoms with van der Waals surface area (Å²) in [6, 6.07) is 11.0. The van der Waals surface area contributed by atoms with Gasteiger partial charge in [0.15, 0.2) is 0 Å². The Morgan fingerprint density at radius 3 is 2.34 bits per heavy atom. The molecule has 4 saturated carbocycles. The molecule has 5 aliphatic rings. The molecule has 192 valence electrons. The fourth-order valence-electron chi connectivity index (χ4n) is 8.86. The number of rotatable bonds is 3. The molecule has 1 aliphatic heterocycles. The average Bonchev–Trinajstić information content (AvgIpc) is 2.72. The van der Waals surface area contributed by atoms with Crippen LogP contribution in [0.15, 0.2) is 30.3 Å². The number of likely N-dealkylation sites (tertiary alicyclic amines) is 1. The third-order valence-corrected chi connectivity index (χ3v) is 9.39. The maximum absolute atomic E-state index is 14.4. The number of piperidine rings is 1. The van der Waals surface area contributed by atoms with Crippen molar-refractivity contribution >= 4 is 12.0 Å². The van der Waals surface area contributed by atoms with Crippen LogP contribution in [0.2, 0.25) is 0 Å². The lowest BCUT2D eigenvalue weighted by Gasteiger charge is -2.66. The van der Waals surface area contributed by atoms with Crippen LogP contribution in [0.4, 0.5) is 4.79 Å². The zero-order chi connectivity index (χ0) is 25.3. The van der Waals surface area contributed by atoms with Crippen molar-refractivity contribution in [1.29, 1.82) is 0 Å². The Hall–Kier alpha value is -2.04. The Balaban J connectivity index is 1.35. The summed E-state index contributed by atoms with van der Waals surface area (Å²) in [5, 5.41) is 3.09. The third-order valence-electron chi connectivity index (χ3n) is 9.39. The minimum Gasteiger partial charge on any atom is -0.444 e. The summed E-state index contributed by atoms with van der Waals surface area (Å²) in [7, 11) is 0. The number of amides is 2. The zero-order valence-electron chi connectivity index (χ0n) is 22.6. The molecule has 1 saturated heterocycles. The Kier molecular flexibility index (Phi) is 5.62. The van der Waals surface area contributed by atoms with Crippen LogP contribution in [-0.4, -0.2) is 41.6 Å². The molecule has 0 radical (unpaired) electrons. The van der Waals surface area contributed by atoms with Crippen LogP contribution in [0.5, 0.6) is 0 Å². The van der Waals surface area contributed by atoms with Crippen LogP contribution in [0.1, 0.15) is 92.1 Å². The van der Waals surface area contributed by atoms with Crippen molar-refractivity contribution in [2.24, 2.45) is 22.2 Å². The van der Waals surface area contributed by atoms with E-state index in [0.29, 0.717) is 24.9 Å². The minimum atomic E-state index is -0.520. The predicted molar refractivity (Wildman–Crippen MR) is 138 cm³/mol. The van der Waals surface area contributed by atoms with E-state index in [1.807, 2.05) is 20.8 Å². The largest absolute Gasteiger partial charge is 0.444 e. The second-order valence-corrected chi connectivity index (χ2v) is 14.4. The normalized spacial score (nSPS) is 37.7. The highest BCUT2D eigenvalue weighted by molar-refractivity contribution is 5.84. The van der Waals surface area contributed by atoms with E-state index in [1.165, 1.54) is 24.8 Å². The smallest absolute Gasteiger partial charge is 0.407 e. The van der Waals surface area contributed by atoms with Crippen molar-refractivity contribution in [3.63, 3.8) is 0 Å². The van der Waals surface area contributed by atoms with Gasteiger partial charge in [0.05, 0.1) is 5.41 Å². The second kappa shape index (κ2) is 7.98.